The van der Waals surface area contributed by atoms with Gasteiger partial charge in [-0.3, -0.25) is 0 Å². The zero-order valence-corrected chi connectivity index (χ0v) is 12.8. The van der Waals surface area contributed by atoms with Crippen LogP contribution in [0, 0.1) is 5.92 Å². The molecular weight excluding hydrogens is 256 g/mol. The van der Waals surface area contributed by atoms with Gasteiger partial charge in [0.15, 0.2) is 0 Å². The molecule has 0 aliphatic heterocycles. The van der Waals surface area contributed by atoms with E-state index >= 15 is 0 Å². The minimum Gasteiger partial charge on any atom is -0.393 e. The lowest BCUT2D eigenvalue weighted by molar-refractivity contribution is 0.360. The fraction of sp³-hybridized carbons (Fsp3) is 0.909. The summed E-state index contributed by atoms with van der Waals surface area (Å²) in [6.07, 6.45) is 1.12. The van der Waals surface area contributed by atoms with Crippen molar-refractivity contribution < 1.29 is 8.42 Å². The molecule has 0 aromatic heterocycles. The summed E-state index contributed by atoms with van der Waals surface area (Å²) < 4.78 is 25.8. The van der Waals surface area contributed by atoms with Crippen LogP contribution in [0.5, 0.6) is 0 Å². The number of hydrogen-bond donors (Lipinski definition) is 1. The van der Waals surface area contributed by atoms with Crippen LogP contribution in [0.2, 0.25) is 0 Å². The van der Waals surface area contributed by atoms with Crippen LogP contribution >= 0.6 is 12.2 Å². The number of rotatable bonds is 8. The molecule has 0 saturated carbocycles. The van der Waals surface area contributed by atoms with Gasteiger partial charge in [-0.2, -0.15) is 4.31 Å². The summed E-state index contributed by atoms with van der Waals surface area (Å²) >= 11 is 4.79. The molecule has 0 unspecified atom stereocenters. The highest BCUT2D eigenvalue weighted by atomic mass is 32.2. The van der Waals surface area contributed by atoms with Crippen molar-refractivity contribution in [3.8, 4) is 0 Å². The molecule has 0 aromatic rings. The molecular formula is C11H24N2O2S2. The smallest absolute Gasteiger partial charge is 0.214 e. The van der Waals surface area contributed by atoms with Crippen LogP contribution in [-0.4, -0.2) is 36.1 Å². The minimum atomic E-state index is -3.19. The van der Waals surface area contributed by atoms with Crippen molar-refractivity contribution in [3.05, 3.63) is 0 Å². The second-order valence-electron chi connectivity index (χ2n) is 4.92. The quantitative estimate of drug-likeness (QED) is 0.688. The van der Waals surface area contributed by atoms with Crippen LogP contribution in [0.15, 0.2) is 0 Å². The number of nitrogens with zero attached hydrogens (tertiary/aromatic N) is 1. The molecule has 0 aliphatic rings. The Morgan fingerprint density at radius 3 is 2.18 bits per heavy atom. The fourth-order valence-corrected chi connectivity index (χ4v) is 3.55. The Labute approximate surface area is 111 Å². The Kier molecular flexibility index (Phi) is 7.20. The summed E-state index contributed by atoms with van der Waals surface area (Å²) in [6, 6.07) is -0.0542. The highest BCUT2D eigenvalue weighted by Crippen LogP contribution is 2.12. The lowest BCUT2D eigenvalue weighted by atomic mass is 10.2. The second-order valence-corrected chi connectivity index (χ2v) is 7.48. The number of thiocarbonyl (C=S) groups is 1. The summed E-state index contributed by atoms with van der Waals surface area (Å²) in [5.41, 5.74) is 5.42. The first-order valence-electron chi connectivity index (χ1n) is 5.94. The highest BCUT2D eigenvalue weighted by molar-refractivity contribution is 7.89. The van der Waals surface area contributed by atoms with Crippen molar-refractivity contribution >= 4 is 27.2 Å². The van der Waals surface area contributed by atoms with Gasteiger partial charge in [-0.1, -0.05) is 26.1 Å². The summed E-state index contributed by atoms with van der Waals surface area (Å²) in [5.74, 6) is 0.578. The Bertz CT molecular complexity index is 337. The van der Waals surface area contributed by atoms with Gasteiger partial charge in [0.05, 0.1) is 10.7 Å². The van der Waals surface area contributed by atoms with Gasteiger partial charge < -0.3 is 5.73 Å². The molecule has 0 radical (unpaired) electrons. The average molecular weight is 280 g/mol. The van der Waals surface area contributed by atoms with E-state index in [-0.39, 0.29) is 11.8 Å². The maximum atomic E-state index is 12.1. The zero-order chi connectivity index (χ0) is 13.6. The van der Waals surface area contributed by atoms with E-state index in [0.717, 1.165) is 0 Å². The largest absolute Gasteiger partial charge is 0.393 e. The molecule has 0 bridgehead atoms. The summed E-state index contributed by atoms with van der Waals surface area (Å²) in [7, 11) is -3.19. The fourth-order valence-electron chi connectivity index (χ4n) is 1.44. The van der Waals surface area contributed by atoms with E-state index in [1.165, 1.54) is 4.31 Å². The summed E-state index contributed by atoms with van der Waals surface area (Å²) in [6.45, 7) is 8.15. The van der Waals surface area contributed by atoms with Crippen LogP contribution in [0.4, 0.5) is 0 Å². The monoisotopic (exact) mass is 280 g/mol. The molecule has 0 atom stereocenters. The van der Waals surface area contributed by atoms with E-state index < -0.39 is 10.0 Å². The molecule has 17 heavy (non-hydrogen) atoms. The number of sulfonamides is 1. The van der Waals surface area contributed by atoms with Gasteiger partial charge in [-0.05, 0) is 26.2 Å². The standard InChI is InChI=1S/C11H24N2O2S2/c1-9(2)6-8-17(14,15)13(10(3)4)7-5-11(12)16/h9-10H,5-8H2,1-4H3,(H2,12,16). The van der Waals surface area contributed by atoms with E-state index in [0.29, 0.717) is 30.3 Å². The maximum absolute atomic E-state index is 12.1. The Balaban J connectivity index is 4.62. The van der Waals surface area contributed by atoms with Crippen molar-refractivity contribution in [2.24, 2.45) is 11.7 Å². The van der Waals surface area contributed by atoms with Crippen molar-refractivity contribution in [2.45, 2.75) is 46.6 Å². The molecule has 102 valence electrons. The van der Waals surface area contributed by atoms with Crippen molar-refractivity contribution in [3.63, 3.8) is 0 Å². The molecule has 0 aromatic carbocycles. The minimum absolute atomic E-state index is 0.0542. The van der Waals surface area contributed by atoms with Gasteiger partial charge in [0.2, 0.25) is 10.0 Å². The summed E-state index contributed by atoms with van der Waals surface area (Å²) in [4.78, 5) is 0.356. The van der Waals surface area contributed by atoms with Crippen LogP contribution < -0.4 is 5.73 Å². The molecule has 0 fully saturated rings. The lowest BCUT2D eigenvalue weighted by Gasteiger charge is -2.26. The molecule has 0 amide bonds. The third-order valence-corrected chi connectivity index (χ3v) is 4.74. The Hall–Kier alpha value is -0.200. The van der Waals surface area contributed by atoms with Crippen molar-refractivity contribution in [2.75, 3.05) is 12.3 Å². The predicted molar refractivity (Wildman–Crippen MR) is 76.5 cm³/mol. The molecule has 0 rings (SSSR count). The van der Waals surface area contributed by atoms with Crippen LogP contribution in [0.1, 0.15) is 40.5 Å². The van der Waals surface area contributed by atoms with Crippen LogP contribution in [-0.2, 0) is 10.0 Å². The lowest BCUT2D eigenvalue weighted by Crippen LogP contribution is -2.40. The average Bonchev–Trinajstić information content (AvgIpc) is 2.13. The summed E-state index contributed by atoms with van der Waals surface area (Å²) in [5, 5.41) is 0. The van der Waals surface area contributed by atoms with Crippen molar-refractivity contribution in [1.29, 1.82) is 0 Å². The SMILES string of the molecule is CC(C)CCS(=O)(=O)N(CCC(N)=S)C(C)C. The normalized spacial score (nSPS) is 12.6. The molecule has 0 saturated heterocycles. The molecule has 0 aliphatic carbocycles. The van der Waals surface area contributed by atoms with Gasteiger partial charge in [-0.25, -0.2) is 8.42 Å². The third kappa shape index (κ3) is 6.95. The topological polar surface area (TPSA) is 63.4 Å². The molecule has 6 heteroatoms. The first kappa shape index (κ1) is 16.8. The molecule has 2 N–H and O–H groups in total. The molecule has 0 heterocycles. The van der Waals surface area contributed by atoms with Crippen molar-refractivity contribution in [1.82, 2.24) is 4.31 Å². The third-order valence-electron chi connectivity index (χ3n) is 2.47. The maximum Gasteiger partial charge on any atom is 0.214 e. The number of hydrogen-bond acceptors (Lipinski definition) is 3. The first-order valence-corrected chi connectivity index (χ1v) is 7.96. The molecule has 4 nitrogen and oxygen atoms in total. The van der Waals surface area contributed by atoms with Gasteiger partial charge in [0.25, 0.3) is 0 Å². The Morgan fingerprint density at radius 1 is 1.29 bits per heavy atom. The number of nitrogens with two attached hydrogens (primary N) is 1. The van der Waals surface area contributed by atoms with Crippen LogP contribution in [0.3, 0.4) is 0 Å². The van der Waals surface area contributed by atoms with E-state index in [1.54, 1.807) is 0 Å². The predicted octanol–water partition coefficient (Wildman–Crippen LogP) is 1.75. The van der Waals surface area contributed by atoms with E-state index in [9.17, 15) is 8.42 Å². The van der Waals surface area contributed by atoms with Gasteiger partial charge in [0.1, 0.15) is 0 Å². The van der Waals surface area contributed by atoms with Crippen LogP contribution in [0.25, 0.3) is 0 Å². The second kappa shape index (κ2) is 7.28. The zero-order valence-electron chi connectivity index (χ0n) is 11.1. The highest BCUT2D eigenvalue weighted by Gasteiger charge is 2.24. The van der Waals surface area contributed by atoms with E-state index in [4.69, 9.17) is 18.0 Å². The first-order chi connectivity index (χ1) is 7.66. The Morgan fingerprint density at radius 2 is 1.82 bits per heavy atom. The molecule has 0 spiro atoms. The van der Waals surface area contributed by atoms with Gasteiger partial charge in [-0.15, -0.1) is 0 Å². The van der Waals surface area contributed by atoms with Gasteiger partial charge >= 0.3 is 0 Å². The van der Waals surface area contributed by atoms with E-state index in [2.05, 4.69) is 0 Å². The van der Waals surface area contributed by atoms with Gasteiger partial charge in [0, 0.05) is 19.0 Å². The van der Waals surface area contributed by atoms with E-state index in [1.807, 2.05) is 27.7 Å².